The van der Waals surface area contributed by atoms with Gasteiger partial charge in [-0.05, 0) is 6.08 Å². The number of allylic oxidation sites excluding steroid dienone is 3. The van der Waals surface area contributed by atoms with Gasteiger partial charge < -0.3 is 5.11 Å². The van der Waals surface area contributed by atoms with Gasteiger partial charge in [0.25, 0.3) is 0 Å². The molecule has 0 heterocycles. The summed E-state index contributed by atoms with van der Waals surface area (Å²) in [5, 5.41) is 8.81. The van der Waals surface area contributed by atoms with E-state index in [9.17, 15) is 0 Å². The molecular formula is C8H13ClO. The number of hydrogen-bond donors (Lipinski definition) is 1. The fourth-order valence-electron chi connectivity index (χ4n) is 0.202. The van der Waals surface area contributed by atoms with Gasteiger partial charge in [0, 0.05) is 0 Å². The summed E-state index contributed by atoms with van der Waals surface area (Å²) in [6, 6.07) is 0. The fraction of sp³-hybridized carbons (Fsp3) is 0.250. The molecule has 0 aliphatic heterocycles. The Kier molecular flexibility index (Phi) is 10.00. The summed E-state index contributed by atoms with van der Waals surface area (Å²) in [6.45, 7) is 10.6. The molecule has 58 valence electrons. The molecule has 2 heteroatoms. The molecule has 0 aromatic rings. The van der Waals surface area contributed by atoms with Crippen LogP contribution in [0.5, 0.6) is 0 Å². The van der Waals surface area contributed by atoms with E-state index in [0.29, 0.717) is 0 Å². The summed E-state index contributed by atoms with van der Waals surface area (Å²) in [6.07, 6.45) is 2.80. The van der Waals surface area contributed by atoms with Crippen LogP contribution >= 0.6 is 11.6 Å². The highest BCUT2D eigenvalue weighted by Crippen LogP contribution is 2.06. The Morgan fingerprint density at radius 1 is 1.50 bits per heavy atom. The van der Waals surface area contributed by atoms with Crippen molar-refractivity contribution < 1.29 is 5.11 Å². The summed E-state index contributed by atoms with van der Waals surface area (Å²) in [5.74, 6) is -0.0401. The Morgan fingerprint density at radius 2 is 1.90 bits per heavy atom. The normalized spacial score (nSPS) is 9.30. The van der Waals surface area contributed by atoms with Crippen molar-refractivity contribution in [3.63, 3.8) is 0 Å². The van der Waals surface area contributed by atoms with Gasteiger partial charge in [-0.3, -0.25) is 0 Å². The van der Waals surface area contributed by atoms with Crippen LogP contribution in [0.15, 0.2) is 36.1 Å². The van der Waals surface area contributed by atoms with Crippen LogP contribution in [-0.2, 0) is 0 Å². The highest BCUT2D eigenvalue weighted by molar-refractivity contribution is 6.31. The highest BCUT2D eigenvalue weighted by atomic mass is 35.5. The van der Waals surface area contributed by atoms with Crippen molar-refractivity contribution in [2.24, 2.45) is 0 Å². The van der Waals surface area contributed by atoms with E-state index in [0.717, 1.165) is 0 Å². The van der Waals surface area contributed by atoms with Crippen molar-refractivity contribution in [1.82, 2.24) is 0 Å². The minimum absolute atomic E-state index is 0.0401. The molecule has 0 fully saturated rings. The van der Waals surface area contributed by atoms with Crippen LogP contribution in [0.2, 0.25) is 0 Å². The maximum Gasteiger partial charge on any atom is 0.133 e. The van der Waals surface area contributed by atoms with Gasteiger partial charge in [0.15, 0.2) is 0 Å². The largest absolute Gasteiger partial charge is 0.506 e. The second kappa shape index (κ2) is 8.31. The van der Waals surface area contributed by atoms with Gasteiger partial charge in [-0.2, -0.15) is 0 Å². The molecular weight excluding hydrogens is 148 g/mol. The minimum Gasteiger partial charge on any atom is -0.506 e. The monoisotopic (exact) mass is 160 g/mol. The lowest BCUT2D eigenvalue weighted by Gasteiger charge is -1.89. The molecule has 0 aromatic carbocycles. The molecule has 0 rings (SSSR count). The van der Waals surface area contributed by atoms with Gasteiger partial charge in [0.1, 0.15) is 5.76 Å². The number of halogens is 1. The maximum absolute atomic E-state index is 8.68. The quantitative estimate of drug-likeness (QED) is 0.485. The molecule has 0 aliphatic carbocycles. The zero-order valence-electron chi connectivity index (χ0n) is 6.39. The van der Waals surface area contributed by atoms with Crippen molar-refractivity contribution in [2.75, 3.05) is 0 Å². The van der Waals surface area contributed by atoms with Crippen LogP contribution in [0.3, 0.4) is 0 Å². The Balaban J connectivity index is 0. The second-order valence-corrected chi connectivity index (χ2v) is 1.65. The van der Waals surface area contributed by atoms with Crippen LogP contribution in [0.25, 0.3) is 0 Å². The Bertz CT molecular complexity index is 136. The lowest BCUT2D eigenvalue weighted by molar-refractivity contribution is 0.430. The molecule has 0 amide bonds. The van der Waals surface area contributed by atoms with E-state index in [-0.39, 0.29) is 10.8 Å². The standard InChI is InChI=1S/C6H7ClO.C2H6/c1-3-4-6(8)5(2)7;1-2/h3-4,8H,1-2H2;1-2H3/b6-4+;. The molecule has 10 heavy (non-hydrogen) atoms. The molecule has 0 atom stereocenters. The summed E-state index contributed by atoms with van der Waals surface area (Å²) in [7, 11) is 0. The van der Waals surface area contributed by atoms with Crippen molar-refractivity contribution in [3.05, 3.63) is 36.1 Å². The van der Waals surface area contributed by atoms with Crippen molar-refractivity contribution in [3.8, 4) is 0 Å². The van der Waals surface area contributed by atoms with Crippen LogP contribution in [0.4, 0.5) is 0 Å². The molecule has 0 aromatic heterocycles. The smallest absolute Gasteiger partial charge is 0.133 e. The zero-order valence-corrected chi connectivity index (χ0v) is 7.15. The Labute approximate surface area is 67.3 Å². The third kappa shape index (κ3) is 7.31. The first kappa shape index (κ1) is 12.0. The average Bonchev–Trinajstić information content (AvgIpc) is 1.93. The predicted octanol–water partition coefficient (Wildman–Crippen LogP) is 3.39. The maximum atomic E-state index is 8.68. The topological polar surface area (TPSA) is 20.2 Å². The molecule has 0 radical (unpaired) electrons. The van der Waals surface area contributed by atoms with Gasteiger partial charge >= 0.3 is 0 Å². The Morgan fingerprint density at radius 3 is 2.00 bits per heavy atom. The van der Waals surface area contributed by atoms with E-state index < -0.39 is 0 Å². The lowest BCUT2D eigenvalue weighted by atomic mass is 10.4. The van der Waals surface area contributed by atoms with E-state index in [1.807, 2.05) is 13.8 Å². The summed E-state index contributed by atoms with van der Waals surface area (Å²) in [4.78, 5) is 0. The number of rotatable bonds is 2. The van der Waals surface area contributed by atoms with Crippen LogP contribution in [0.1, 0.15) is 13.8 Å². The minimum atomic E-state index is -0.0401. The number of aliphatic hydroxyl groups excluding tert-OH is 1. The third-order valence-corrected chi connectivity index (χ3v) is 0.747. The molecule has 0 spiro atoms. The average molecular weight is 161 g/mol. The Hall–Kier alpha value is -0.690. The van der Waals surface area contributed by atoms with Crippen LogP contribution < -0.4 is 0 Å². The molecule has 0 bridgehead atoms. The zero-order chi connectivity index (χ0) is 8.57. The summed E-state index contributed by atoms with van der Waals surface area (Å²) in [5.41, 5.74) is 0. The fourth-order valence-corrected chi connectivity index (χ4v) is 0.265. The van der Waals surface area contributed by atoms with Crippen LogP contribution in [0, 0.1) is 0 Å². The van der Waals surface area contributed by atoms with E-state index in [4.69, 9.17) is 16.7 Å². The number of hydrogen-bond acceptors (Lipinski definition) is 1. The van der Waals surface area contributed by atoms with E-state index >= 15 is 0 Å². The highest BCUT2D eigenvalue weighted by Gasteiger charge is 1.89. The van der Waals surface area contributed by atoms with Gasteiger partial charge in [-0.25, -0.2) is 0 Å². The molecule has 0 saturated heterocycles. The van der Waals surface area contributed by atoms with Crippen molar-refractivity contribution in [1.29, 1.82) is 0 Å². The first-order chi connectivity index (χ1) is 4.68. The van der Waals surface area contributed by atoms with Gasteiger partial charge in [-0.1, -0.05) is 44.7 Å². The SMILES string of the molecule is C=C/C=C(/O)C(=C)Cl.CC. The first-order valence-corrected chi connectivity index (χ1v) is 3.42. The van der Waals surface area contributed by atoms with E-state index in [1.165, 1.54) is 12.2 Å². The van der Waals surface area contributed by atoms with Crippen molar-refractivity contribution in [2.45, 2.75) is 13.8 Å². The summed E-state index contributed by atoms with van der Waals surface area (Å²) >= 11 is 5.25. The number of aliphatic hydroxyl groups is 1. The predicted molar refractivity (Wildman–Crippen MR) is 47.2 cm³/mol. The molecule has 0 aliphatic rings. The van der Waals surface area contributed by atoms with Gasteiger partial charge in [0.2, 0.25) is 0 Å². The lowest BCUT2D eigenvalue weighted by Crippen LogP contribution is -1.74. The molecule has 0 saturated carbocycles. The van der Waals surface area contributed by atoms with Crippen LogP contribution in [-0.4, -0.2) is 5.11 Å². The van der Waals surface area contributed by atoms with Gasteiger partial charge in [-0.15, -0.1) is 0 Å². The van der Waals surface area contributed by atoms with Crippen molar-refractivity contribution >= 4 is 11.6 Å². The third-order valence-electron chi connectivity index (χ3n) is 0.554. The molecule has 1 N–H and O–H groups in total. The molecule has 0 unspecified atom stereocenters. The van der Waals surface area contributed by atoms with Gasteiger partial charge in [0.05, 0.1) is 5.03 Å². The van der Waals surface area contributed by atoms with E-state index in [1.54, 1.807) is 0 Å². The molecule has 1 nitrogen and oxygen atoms in total. The first-order valence-electron chi connectivity index (χ1n) is 3.05. The second-order valence-electron chi connectivity index (χ2n) is 1.19. The van der Waals surface area contributed by atoms with E-state index in [2.05, 4.69) is 13.2 Å². The summed E-state index contributed by atoms with van der Waals surface area (Å²) < 4.78 is 0.